The minimum absolute atomic E-state index is 0.0848. The van der Waals surface area contributed by atoms with Crippen LogP contribution in [0.5, 0.6) is 0 Å². The van der Waals surface area contributed by atoms with Crippen molar-refractivity contribution in [2.75, 3.05) is 7.11 Å². The SMILES string of the molecule is COC(=O)c1c(C)[nH]c(C(=O)Cn2nnc(-c3ccc(C(C)C)cc3)n2)c1C. The van der Waals surface area contributed by atoms with Crippen molar-refractivity contribution in [1.82, 2.24) is 25.2 Å². The summed E-state index contributed by atoms with van der Waals surface area (Å²) in [6.45, 7) is 7.61. The van der Waals surface area contributed by atoms with Crippen LogP contribution >= 0.6 is 0 Å². The summed E-state index contributed by atoms with van der Waals surface area (Å²) in [4.78, 5) is 28.8. The third kappa shape index (κ3) is 3.71. The zero-order valence-corrected chi connectivity index (χ0v) is 16.6. The van der Waals surface area contributed by atoms with E-state index in [2.05, 4.69) is 34.2 Å². The average molecular weight is 381 g/mol. The molecular weight excluding hydrogens is 358 g/mol. The van der Waals surface area contributed by atoms with Gasteiger partial charge in [0.25, 0.3) is 0 Å². The van der Waals surface area contributed by atoms with Crippen LogP contribution in [0.2, 0.25) is 0 Å². The number of nitrogens with one attached hydrogen (secondary N) is 1. The van der Waals surface area contributed by atoms with Crippen molar-refractivity contribution in [2.24, 2.45) is 0 Å². The number of ketones is 1. The van der Waals surface area contributed by atoms with Gasteiger partial charge in [0.05, 0.1) is 18.4 Å². The van der Waals surface area contributed by atoms with E-state index in [1.165, 1.54) is 17.5 Å². The molecular formula is C20H23N5O3. The first-order valence-corrected chi connectivity index (χ1v) is 9.00. The van der Waals surface area contributed by atoms with E-state index < -0.39 is 5.97 Å². The molecule has 0 spiro atoms. The highest BCUT2D eigenvalue weighted by molar-refractivity contribution is 6.01. The normalized spacial score (nSPS) is 11.1. The molecule has 0 fully saturated rings. The molecule has 0 bridgehead atoms. The summed E-state index contributed by atoms with van der Waals surface area (Å²) < 4.78 is 4.77. The summed E-state index contributed by atoms with van der Waals surface area (Å²) in [7, 11) is 1.31. The first-order valence-electron chi connectivity index (χ1n) is 9.00. The first-order chi connectivity index (χ1) is 13.3. The number of Topliss-reactive ketones (excluding diaryl/α,β-unsaturated/α-hetero) is 1. The van der Waals surface area contributed by atoms with E-state index in [4.69, 9.17) is 4.74 Å². The Kier molecular flexibility index (Phi) is 5.39. The Morgan fingerprint density at radius 2 is 1.86 bits per heavy atom. The Bertz CT molecular complexity index is 1020. The van der Waals surface area contributed by atoms with Crippen molar-refractivity contribution >= 4 is 11.8 Å². The second-order valence-corrected chi connectivity index (χ2v) is 6.96. The maximum Gasteiger partial charge on any atom is 0.339 e. The summed E-state index contributed by atoms with van der Waals surface area (Å²) in [5, 5.41) is 12.3. The molecule has 1 N–H and O–H groups in total. The van der Waals surface area contributed by atoms with E-state index in [0.29, 0.717) is 34.3 Å². The van der Waals surface area contributed by atoms with Crippen LogP contribution in [0.1, 0.15) is 57.4 Å². The zero-order chi connectivity index (χ0) is 20.4. The third-order valence-electron chi connectivity index (χ3n) is 4.68. The van der Waals surface area contributed by atoms with Crippen LogP contribution in [-0.4, -0.2) is 44.1 Å². The Hall–Kier alpha value is -3.29. The quantitative estimate of drug-likeness (QED) is 0.520. The second-order valence-electron chi connectivity index (χ2n) is 6.96. The van der Waals surface area contributed by atoms with Crippen LogP contribution in [0.3, 0.4) is 0 Å². The van der Waals surface area contributed by atoms with Crippen LogP contribution in [0.15, 0.2) is 24.3 Å². The van der Waals surface area contributed by atoms with Crippen molar-refractivity contribution in [1.29, 1.82) is 0 Å². The molecule has 0 radical (unpaired) electrons. The van der Waals surface area contributed by atoms with Gasteiger partial charge in [-0.05, 0) is 36.1 Å². The maximum atomic E-state index is 12.7. The van der Waals surface area contributed by atoms with Crippen LogP contribution < -0.4 is 0 Å². The van der Waals surface area contributed by atoms with Crippen LogP contribution in [0.25, 0.3) is 11.4 Å². The van der Waals surface area contributed by atoms with Gasteiger partial charge in [-0.25, -0.2) is 4.79 Å². The van der Waals surface area contributed by atoms with Crippen molar-refractivity contribution in [3.63, 3.8) is 0 Å². The molecule has 0 saturated heterocycles. The summed E-state index contributed by atoms with van der Waals surface area (Å²) in [5.74, 6) is 0.182. The fraction of sp³-hybridized carbons (Fsp3) is 0.350. The van der Waals surface area contributed by atoms with E-state index in [0.717, 1.165) is 5.56 Å². The Balaban J connectivity index is 1.78. The molecule has 28 heavy (non-hydrogen) atoms. The van der Waals surface area contributed by atoms with E-state index in [9.17, 15) is 9.59 Å². The minimum atomic E-state index is -0.476. The Labute approximate surface area is 162 Å². The predicted molar refractivity (Wildman–Crippen MR) is 103 cm³/mol. The monoisotopic (exact) mass is 381 g/mol. The van der Waals surface area contributed by atoms with Crippen molar-refractivity contribution < 1.29 is 14.3 Å². The Morgan fingerprint density at radius 3 is 2.46 bits per heavy atom. The number of benzene rings is 1. The second kappa shape index (κ2) is 7.75. The number of esters is 1. The number of nitrogens with zero attached hydrogens (tertiary/aromatic N) is 4. The largest absolute Gasteiger partial charge is 0.465 e. The lowest BCUT2D eigenvalue weighted by Gasteiger charge is -2.04. The van der Waals surface area contributed by atoms with Gasteiger partial charge in [-0.2, -0.15) is 4.80 Å². The summed E-state index contributed by atoms with van der Waals surface area (Å²) in [5.41, 5.74) is 3.93. The molecule has 1 aromatic carbocycles. The van der Waals surface area contributed by atoms with E-state index >= 15 is 0 Å². The molecule has 0 aliphatic heterocycles. The highest BCUT2D eigenvalue weighted by Gasteiger charge is 2.23. The number of aromatic amines is 1. The molecule has 2 aromatic heterocycles. The number of methoxy groups -OCH3 is 1. The molecule has 8 heteroatoms. The summed E-state index contributed by atoms with van der Waals surface area (Å²) in [6, 6.07) is 7.95. The molecule has 3 aromatic rings. The van der Waals surface area contributed by atoms with Gasteiger partial charge in [0.15, 0.2) is 0 Å². The highest BCUT2D eigenvalue weighted by Crippen LogP contribution is 2.21. The number of carbonyl (C=O) groups excluding carboxylic acids is 2. The summed E-state index contributed by atoms with van der Waals surface area (Å²) in [6.07, 6.45) is 0. The molecule has 0 saturated carbocycles. The molecule has 0 aliphatic carbocycles. The zero-order valence-electron chi connectivity index (χ0n) is 16.6. The molecule has 146 valence electrons. The first kappa shape index (κ1) is 19.5. The Morgan fingerprint density at radius 1 is 1.18 bits per heavy atom. The molecule has 2 heterocycles. The lowest BCUT2D eigenvalue weighted by Crippen LogP contribution is -2.15. The van der Waals surface area contributed by atoms with Crippen molar-refractivity contribution in [3.05, 3.63) is 52.3 Å². The smallest absolute Gasteiger partial charge is 0.339 e. The number of aryl methyl sites for hydroxylation is 1. The van der Waals surface area contributed by atoms with Crippen molar-refractivity contribution in [3.8, 4) is 11.4 Å². The number of hydrogen-bond donors (Lipinski definition) is 1. The van der Waals surface area contributed by atoms with E-state index in [-0.39, 0.29) is 12.3 Å². The number of H-pyrrole nitrogens is 1. The number of hydrogen-bond acceptors (Lipinski definition) is 6. The molecule has 0 unspecified atom stereocenters. The van der Waals surface area contributed by atoms with E-state index in [1.807, 2.05) is 24.3 Å². The van der Waals surface area contributed by atoms with Crippen molar-refractivity contribution in [2.45, 2.75) is 40.2 Å². The average Bonchev–Trinajstić information content (AvgIpc) is 3.25. The van der Waals surface area contributed by atoms with Gasteiger partial charge in [-0.1, -0.05) is 38.1 Å². The van der Waals surface area contributed by atoms with Gasteiger partial charge in [0.2, 0.25) is 11.6 Å². The summed E-state index contributed by atoms with van der Waals surface area (Å²) >= 11 is 0. The van der Waals surface area contributed by atoms with Gasteiger partial charge >= 0.3 is 5.97 Å². The minimum Gasteiger partial charge on any atom is -0.465 e. The van der Waals surface area contributed by atoms with Crippen LogP contribution in [-0.2, 0) is 11.3 Å². The van der Waals surface area contributed by atoms with Crippen LogP contribution in [0.4, 0.5) is 0 Å². The molecule has 8 nitrogen and oxygen atoms in total. The topological polar surface area (TPSA) is 103 Å². The molecule has 0 aliphatic rings. The van der Waals surface area contributed by atoms with Gasteiger partial charge in [-0.15, -0.1) is 10.2 Å². The standard InChI is InChI=1S/C20H23N5O3/c1-11(2)14-6-8-15(9-7-14)19-22-24-25(23-19)10-16(26)18-12(3)17(13(4)21-18)20(27)28-5/h6-9,11,21H,10H2,1-5H3. The number of rotatable bonds is 6. The number of tetrazole rings is 1. The number of aromatic nitrogens is 5. The van der Waals surface area contributed by atoms with Crippen LogP contribution in [0, 0.1) is 13.8 Å². The number of carbonyl (C=O) groups is 2. The molecule has 0 amide bonds. The fourth-order valence-corrected chi connectivity index (χ4v) is 3.09. The van der Waals surface area contributed by atoms with E-state index in [1.54, 1.807) is 13.8 Å². The van der Waals surface area contributed by atoms with Gasteiger partial charge in [0.1, 0.15) is 6.54 Å². The number of ether oxygens (including phenoxy) is 1. The maximum absolute atomic E-state index is 12.7. The van der Waals surface area contributed by atoms with Gasteiger partial charge < -0.3 is 9.72 Å². The molecule has 0 atom stereocenters. The lowest BCUT2D eigenvalue weighted by atomic mass is 10.0. The van der Waals surface area contributed by atoms with Gasteiger partial charge in [-0.3, -0.25) is 4.79 Å². The predicted octanol–water partition coefficient (Wildman–Crippen LogP) is 3.08. The van der Waals surface area contributed by atoms with Gasteiger partial charge in [0, 0.05) is 11.3 Å². The third-order valence-corrected chi connectivity index (χ3v) is 4.68. The fourth-order valence-electron chi connectivity index (χ4n) is 3.09. The lowest BCUT2D eigenvalue weighted by molar-refractivity contribution is 0.0599. The highest BCUT2D eigenvalue weighted by atomic mass is 16.5. The molecule has 3 rings (SSSR count).